The average molecular weight is 259 g/mol. The Morgan fingerprint density at radius 3 is 2.50 bits per heavy atom. The van der Waals surface area contributed by atoms with E-state index in [1.807, 2.05) is 0 Å². The van der Waals surface area contributed by atoms with Crippen molar-refractivity contribution in [3.8, 4) is 0 Å². The summed E-state index contributed by atoms with van der Waals surface area (Å²) in [6.45, 7) is -0.164. The van der Waals surface area contributed by atoms with Crippen LogP contribution in [0.15, 0.2) is 12.1 Å². The molecule has 1 amide bonds. The number of fused-ring (bicyclic) bond motifs is 1. The Hall–Kier alpha value is -2.05. The van der Waals surface area contributed by atoms with Crippen LogP contribution in [-0.4, -0.2) is 28.9 Å². The number of halogens is 3. The molecule has 0 atom stereocenters. The minimum absolute atomic E-state index is 0.164. The SMILES string of the molecule is CN1Cc2c(cc(C(=O)O)cc2C(F)(F)F)C1=O. The van der Waals surface area contributed by atoms with Crippen molar-refractivity contribution in [2.75, 3.05) is 7.05 Å². The summed E-state index contributed by atoms with van der Waals surface area (Å²) in [5.41, 5.74) is -1.95. The van der Waals surface area contributed by atoms with E-state index >= 15 is 0 Å². The van der Waals surface area contributed by atoms with Gasteiger partial charge in [0.25, 0.3) is 5.91 Å². The zero-order chi connectivity index (χ0) is 13.7. The third kappa shape index (κ3) is 1.81. The maximum atomic E-state index is 12.8. The molecule has 1 aromatic rings. The van der Waals surface area contributed by atoms with Gasteiger partial charge in [0.05, 0.1) is 11.1 Å². The van der Waals surface area contributed by atoms with Crippen LogP contribution in [-0.2, 0) is 12.7 Å². The van der Waals surface area contributed by atoms with Gasteiger partial charge in [-0.2, -0.15) is 13.2 Å². The van der Waals surface area contributed by atoms with Crippen molar-refractivity contribution in [3.05, 3.63) is 34.4 Å². The van der Waals surface area contributed by atoms with E-state index in [0.717, 1.165) is 11.0 Å². The zero-order valence-electron chi connectivity index (χ0n) is 9.21. The molecule has 2 rings (SSSR count). The fourth-order valence-corrected chi connectivity index (χ4v) is 1.92. The first-order chi connectivity index (χ1) is 8.21. The van der Waals surface area contributed by atoms with E-state index in [-0.39, 0.29) is 17.7 Å². The lowest BCUT2D eigenvalue weighted by Gasteiger charge is -2.12. The quantitative estimate of drug-likeness (QED) is 0.839. The van der Waals surface area contributed by atoms with E-state index in [1.165, 1.54) is 7.05 Å². The van der Waals surface area contributed by atoms with Crippen LogP contribution in [0.5, 0.6) is 0 Å². The summed E-state index contributed by atoms with van der Waals surface area (Å²) in [7, 11) is 1.36. The minimum Gasteiger partial charge on any atom is -0.478 e. The third-order valence-electron chi connectivity index (χ3n) is 2.77. The number of nitrogens with zero attached hydrogens (tertiary/aromatic N) is 1. The number of hydrogen-bond acceptors (Lipinski definition) is 2. The number of carboxylic acids is 1. The Labute approximate surface area is 99.6 Å². The second-order valence-corrected chi connectivity index (χ2v) is 4.01. The lowest BCUT2D eigenvalue weighted by Crippen LogP contribution is -2.17. The molecule has 0 fully saturated rings. The molecule has 4 nitrogen and oxygen atoms in total. The molecule has 0 bridgehead atoms. The zero-order valence-corrected chi connectivity index (χ0v) is 9.21. The van der Waals surface area contributed by atoms with E-state index in [9.17, 15) is 22.8 Å². The molecule has 1 heterocycles. The van der Waals surface area contributed by atoms with Gasteiger partial charge in [0.1, 0.15) is 0 Å². The van der Waals surface area contributed by atoms with Gasteiger partial charge in [0, 0.05) is 19.2 Å². The van der Waals surface area contributed by atoms with Gasteiger partial charge in [0.15, 0.2) is 0 Å². The molecule has 0 aromatic heterocycles. The van der Waals surface area contributed by atoms with Gasteiger partial charge in [-0.25, -0.2) is 4.79 Å². The monoisotopic (exact) mass is 259 g/mol. The Balaban J connectivity index is 2.72. The average Bonchev–Trinajstić information content (AvgIpc) is 2.52. The summed E-state index contributed by atoms with van der Waals surface area (Å²) < 4.78 is 38.5. The summed E-state index contributed by atoms with van der Waals surface area (Å²) >= 11 is 0. The van der Waals surface area contributed by atoms with Crippen molar-refractivity contribution in [1.29, 1.82) is 0 Å². The van der Waals surface area contributed by atoms with E-state index in [1.54, 1.807) is 0 Å². The largest absolute Gasteiger partial charge is 0.478 e. The first kappa shape index (κ1) is 12.4. The molecule has 18 heavy (non-hydrogen) atoms. The smallest absolute Gasteiger partial charge is 0.416 e. The lowest BCUT2D eigenvalue weighted by atomic mass is 9.99. The number of carbonyl (C=O) groups excluding carboxylic acids is 1. The van der Waals surface area contributed by atoms with Crippen LogP contribution in [0.4, 0.5) is 13.2 Å². The number of rotatable bonds is 1. The molecule has 0 unspecified atom stereocenters. The first-order valence-electron chi connectivity index (χ1n) is 4.94. The van der Waals surface area contributed by atoms with Gasteiger partial charge < -0.3 is 10.0 Å². The molecular formula is C11H8F3NO3. The molecule has 1 aromatic carbocycles. The highest BCUT2D eigenvalue weighted by Gasteiger charge is 2.39. The Morgan fingerprint density at radius 1 is 1.39 bits per heavy atom. The van der Waals surface area contributed by atoms with E-state index in [0.29, 0.717) is 6.07 Å². The number of carbonyl (C=O) groups is 2. The predicted molar refractivity (Wildman–Crippen MR) is 54.2 cm³/mol. The number of alkyl halides is 3. The van der Waals surface area contributed by atoms with Crippen molar-refractivity contribution in [2.45, 2.75) is 12.7 Å². The topological polar surface area (TPSA) is 57.6 Å². The van der Waals surface area contributed by atoms with Crippen LogP contribution in [0.2, 0.25) is 0 Å². The van der Waals surface area contributed by atoms with Crippen LogP contribution in [0.3, 0.4) is 0 Å². The summed E-state index contributed by atoms with van der Waals surface area (Å²) in [6, 6.07) is 1.55. The van der Waals surface area contributed by atoms with Gasteiger partial charge >= 0.3 is 12.1 Å². The summed E-state index contributed by atoms with van der Waals surface area (Å²) in [6.07, 6.45) is -4.68. The van der Waals surface area contributed by atoms with Crippen LogP contribution < -0.4 is 0 Å². The Kier molecular flexibility index (Phi) is 2.57. The molecular weight excluding hydrogens is 251 g/mol. The molecule has 1 aliphatic rings. The number of aromatic carboxylic acids is 1. The standard InChI is InChI=1S/C11H8F3NO3/c1-15-4-7-6(9(15)16)2-5(10(17)18)3-8(7)11(12,13)14/h2-3H,4H2,1H3,(H,17,18). The lowest BCUT2D eigenvalue weighted by molar-refractivity contribution is -0.138. The van der Waals surface area contributed by atoms with E-state index in [2.05, 4.69) is 0 Å². The minimum atomic E-state index is -4.68. The second kappa shape index (κ2) is 3.72. The Morgan fingerprint density at radius 2 is 2.00 bits per heavy atom. The van der Waals surface area contributed by atoms with Gasteiger partial charge in [-0.05, 0) is 17.7 Å². The highest BCUT2D eigenvalue weighted by molar-refractivity contribution is 6.01. The highest BCUT2D eigenvalue weighted by Crippen LogP contribution is 2.37. The fourth-order valence-electron chi connectivity index (χ4n) is 1.92. The Bertz CT molecular complexity index is 551. The molecule has 1 N–H and O–H groups in total. The summed E-state index contributed by atoms with van der Waals surface area (Å²) in [5.74, 6) is -2.09. The first-order valence-corrected chi connectivity index (χ1v) is 4.94. The molecule has 0 spiro atoms. The van der Waals surface area contributed by atoms with Crippen LogP contribution in [0, 0.1) is 0 Å². The van der Waals surface area contributed by atoms with Crippen molar-refractivity contribution < 1.29 is 27.9 Å². The molecule has 1 aliphatic heterocycles. The number of benzene rings is 1. The normalized spacial score (nSPS) is 14.9. The molecule has 96 valence electrons. The molecule has 0 aliphatic carbocycles. The van der Waals surface area contributed by atoms with Crippen molar-refractivity contribution in [1.82, 2.24) is 4.90 Å². The fraction of sp³-hybridized carbons (Fsp3) is 0.273. The van der Waals surface area contributed by atoms with Crippen LogP contribution in [0.25, 0.3) is 0 Å². The van der Waals surface area contributed by atoms with Crippen LogP contribution >= 0.6 is 0 Å². The highest BCUT2D eigenvalue weighted by atomic mass is 19.4. The van der Waals surface area contributed by atoms with E-state index in [4.69, 9.17) is 5.11 Å². The third-order valence-corrected chi connectivity index (χ3v) is 2.77. The van der Waals surface area contributed by atoms with E-state index < -0.39 is 29.2 Å². The predicted octanol–water partition coefficient (Wildman–Crippen LogP) is 1.99. The van der Waals surface area contributed by atoms with Crippen molar-refractivity contribution >= 4 is 11.9 Å². The van der Waals surface area contributed by atoms with Gasteiger partial charge in [-0.15, -0.1) is 0 Å². The second-order valence-electron chi connectivity index (χ2n) is 4.01. The number of amides is 1. The molecule has 7 heteroatoms. The number of carboxylic acid groups (broad SMARTS) is 1. The van der Waals surface area contributed by atoms with Crippen molar-refractivity contribution in [2.24, 2.45) is 0 Å². The molecule has 0 saturated heterocycles. The van der Waals surface area contributed by atoms with Gasteiger partial charge in [0.2, 0.25) is 0 Å². The maximum absolute atomic E-state index is 12.8. The van der Waals surface area contributed by atoms with Crippen LogP contribution in [0.1, 0.15) is 31.8 Å². The molecule has 0 radical (unpaired) electrons. The maximum Gasteiger partial charge on any atom is 0.416 e. The summed E-state index contributed by atoms with van der Waals surface area (Å²) in [4.78, 5) is 23.5. The summed E-state index contributed by atoms with van der Waals surface area (Å²) in [5, 5.41) is 8.77. The van der Waals surface area contributed by atoms with Gasteiger partial charge in [-0.1, -0.05) is 0 Å². The van der Waals surface area contributed by atoms with Gasteiger partial charge in [-0.3, -0.25) is 4.79 Å². The number of hydrogen-bond donors (Lipinski definition) is 1. The van der Waals surface area contributed by atoms with Crippen molar-refractivity contribution in [3.63, 3.8) is 0 Å². The molecule has 0 saturated carbocycles.